The zero-order valence-electron chi connectivity index (χ0n) is 19.3. The highest BCUT2D eigenvalue weighted by Crippen LogP contribution is 2.26. The number of aldehydes is 1. The second kappa shape index (κ2) is 11.1. The average molecular weight is 534 g/mol. The summed E-state index contributed by atoms with van der Waals surface area (Å²) in [6, 6.07) is 23.1. The van der Waals surface area contributed by atoms with E-state index in [0.29, 0.717) is 12.0 Å². The first kappa shape index (κ1) is 24.4. The maximum absolute atomic E-state index is 11.8. The minimum atomic E-state index is -0.377. The molecule has 0 bridgehead atoms. The van der Waals surface area contributed by atoms with Crippen molar-refractivity contribution in [2.24, 2.45) is 0 Å². The van der Waals surface area contributed by atoms with Gasteiger partial charge in [-0.3, -0.25) is 4.84 Å². The van der Waals surface area contributed by atoms with Crippen molar-refractivity contribution in [3.05, 3.63) is 100 Å². The summed E-state index contributed by atoms with van der Waals surface area (Å²) in [5, 5.41) is 1.52. The Morgan fingerprint density at radius 3 is 2.29 bits per heavy atom. The molecule has 0 atom stereocenters. The van der Waals surface area contributed by atoms with Crippen LogP contribution in [0.15, 0.2) is 83.5 Å². The van der Waals surface area contributed by atoms with Gasteiger partial charge < -0.3 is 14.1 Å². The molecule has 35 heavy (non-hydrogen) atoms. The van der Waals surface area contributed by atoms with Gasteiger partial charge in [0, 0.05) is 28.3 Å². The lowest BCUT2D eigenvalue weighted by Crippen LogP contribution is -2.23. The standard InChI is InChI=1S/C27H24BrN3O4/c1-34-27(33)21-7-5-20(6-8-21)25-18-30(26(29-25)17-19-3-9-22(28)10-4-19)23-11-13-24(14-12-23)31(35-2)15-16-32/h3-14,16,18H,15,17H2,1-2H3. The number of hydrogen-bond donors (Lipinski definition) is 0. The van der Waals surface area contributed by atoms with Crippen LogP contribution in [-0.4, -0.2) is 42.6 Å². The van der Waals surface area contributed by atoms with Crippen molar-refractivity contribution in [3.8, 4) is 16.9 Å². The van der Waals surface area contributed by atoms with Crippen molar-refractivity contribution in [2.75, 3.05) is 25.8 Å². The van der Waals surface area contributed by atoms with Gasteiger partial charge in [-0.05, 0) is 54.1 Å². The van der Waals surface area contributed by atoms with Crippen LogP contribution in [0, 0.1) is 0 Å². The largest absolute Gasteiger partial charge is 0.465 e. The average Bonchev–Trinajstić information content (AvgIpc) is 3.32. The molecule has 0 saturated heterocycles. The van der Waals surface area contributed by atoms with E-state index in [-0.39, 0.29) is 12.5 Å². The van der Waals surface area contributed by atoms with Crippen molar-refractivity contribution in [1.82, 2.24) is 9.55 Å². The molecule has 0 amide bonds. The number of rotatable bonds is 9. The number of methoxy groups -OCH3 is 1. The van der Waals surface area contributed by atoms with Gasteiger partial charge in [0.25, 0.3) is 0 Å². The van der Waals surface area contributed by atoms with Gasteiger partial charge in [0.05, 0.1) is 31.2 Å². The first-order valence-electron chi connectivity index (χ1n) is 10.9. The highest BCUT2D eigenvalue weighted by molar-refractivity contribution is 9.10. The van der Waals surface area contributed by atoms with Crippen molar-refractivity contribution in [1.29, 1.82) is 0 Å². The highest BCUT2D eigenvalue weighted by Gasteiger charge is 2.14. The van der Waals surface area contributed by atoms with Crippen LogP contribution in [0.25, 0.3) is 16.9 Å². The number of imidazole rings is 1. The third-order valence-electron chi connectivity index (χ3n) is 5.53. The van der Waals surface area contributed by atoms with Crippen LogP contribution in [0.3, 0.4) is 0 Å². The minimum Gasteiger partial charge on any atom is -0.465 e. The molecule has 7 nitrogen and oxygen atoms in total. The third kappa shape index (κ3) is 5.67. The Kier molecular flexibility index (Phi) is 7.74. The number of nitrogens with zero attached hydrogens (tertiary/aromatic N) is 3. The van der Waals surface area contributed by atoms with E-state index in [1.54, 1.807) is 12.1 Å². The topological polar surface area (TPSA) is 73.7 Å². The van der Waals surface area contributed by atoms with E-state index < -0.39 is 0 Å². The Hall–Kier alpha value is -3.75. The molecule has 0 saturated carbocycles. The highest BCUT2D eigenvalue weighted by atomic mass is 79.9. The monoisotopic (exact) mass is 533 g/mol. The molecule has 1 heterocycles. The van der Waals surface area contributed by atoms with Crippen LogP contribution in [0.2, 0.25) is 0 Å². The predicted molar refractivity (Wildman–Crippen MR) is 138 cm³/mol. The number of halogens is 1. The maximum atomic E-state index is 11.8. The van der Waals surface area contributed by atoms with E-state index in [1.807, 2.05) is 59.3 Å². The van der Waals surface area contributed by atoms with Gasteiger partial charge in [0.2, 0.25) is 0 Å². The van der Waals surface area contributed by atoms with Gasteiger partial charge in [0.15, 0.2) is 0 Å². The van der Waals surface area contributed by atoms with Crippen molar-refractivity contribution in [2.45, 2.75) is 6.42 Å². The second-order valence-electron chi connectivity index (χ2n) is 7.71. The van der Waals surface area contributed by atoms with Gasteiger partial charge in [0.1, 0.15) is 18.7 Å². The lowest BCUT2D eigenvalue weighted by molar-refractivity contribution is -0.107. The number of benzene rings is 3. The van der Waals surface area contributed by atoms with Gasteiger partial charge >= 0.3 is 5.97 Å². The SMILES string of the molecule is COC(=O)c1ccc(-c2cn(-c3ccc(N(CC=O)OC)cc3)c(Cc3ccc(Br)cc3)n2)cc1. The molecule has 1 aromatic heterocycles. The van der Waals surface area contributed by atoms with E-state index in [9.17, 15) is 9.59 Å². The van der Waals surface area contributed by atoms with E-state index in [1.165, 1.54) is 19.3 Å². The van der Waals surface area contributed by atoms with E-state index in [2.05, 4.69) is 28.1 Å². The first-order chi connectivity index (χ1) is 17.0. The van der Waals surface area contributed by atoms with E-state index in [0.717, 1.165) is 44.8 Å². The fourth-order valence-electron chi connectivity index (χ4n) is 3.72. The molecule has 3 aromatic carbocycles. The summed E-state index contributed by atoms with van der Waals surface area (Å²) in [7, 11) is 2.89. The number of hydrogen-bond acceptors (Lipinski definition) is 6. The van der Waals surface area contributed by atoms with Crippen LogP contribution < -0.4 is 5.06 Å². The summed E-state index contributed by atoms with van der Waals surface area (Å²) in [5.41, 5.74) is 4.99. The van der Waals surface area contributed by atoms with Crippen LogP contribution in [0.5, 0.6) is 0 Å². The van der Waals surface area contributed by atoms with Crippen LogP contribution in [0.1, 0.15) is 21.7 Å². The molecular weight excluding hydrogens is 510 g/mol. The number of hydroxylamine groups is 1. The van der Waals surface area contributed by atoms with Crippen molar-refractivity contribution in [3.63, 3.8) is 0 Å². The summed E-state index contributed by atoms with van der Waals surface area (Å²) in [4.78, 5) is 32.9. The molecule has 8 heteroatoms. The normalized spacial score (nSPS) is 10.7. The lowest BCUT2D eigenvalue weighted by Gasteiger charge is -2.19. The van der Waals surface area contributed by atoms with Crippen LogP contribution >= 0.6 is 15.9 Å². The quantitative estimate of drug-likeness (QED) is 0.166. The van der Waals surface area contributed by atoms with Crippen molar-refractivity contribution >= 4 is 33.9 Å². The number of esters is 1. The molecular formula is C27H24BrN3O4. The molecule has 0 aliphatic heterocycles. The summed E-state index contributed by atoms with van der Waals surface area (Å²) >= 11 is 3.48. The molecule has 0 fully saturated rings. The molecule has 4 rings (SSSR count). The number of aromatic nitrogens is 2. The third-order valence-corrected chi connectivity index (χ3v) is 6.06. The van der Waals surface area contributed by atoms with Gasteiger partial charge in [-0.1, -0.05) is 40.2 Å². The van der Waals surface area contributed by atoms with Gasteiger partial charge in [-0.2, -0.15) is 0 Å². The number of carbonyl (C=O) groups excluding carboxylic acids is 2. The van der Waals surface area contributed by atoms with E-state index in [4.69, 9.17) is 14.6 Å². The summed E-state index contributed by atoms with van der Waals surface area (Å²) in [5.74, 6) is 0.487. The zero-order valence-corrected chi connectivity index (χ0v) is 20.9. The summed E-state index contributed by atoms with van der Waals surface area (Å²) in [6.07, 6.45) is 3.40. The molecule has 0 aliphatic carbocycles. The molecule has 0 spiro atoms. The molecule has 4 aromatic rings. The number of ether oxygens (including phenoxy) is 1. The fourth-order valence-corrected chi connectivity index (χ4v) is 3.98. The molecule has 178 valence electrons. The van der Waals surface area contributed by atoms with Gasteiger partial charge in [-0.25, -0.2) is 14.8 Å². The predicted octanol–water partition coefficient (Wildman–Crippen LogP) is 5.25. The zero-order chi connectivity index (χ0) is 24.8. The first-order valence-corrected chi connectivity index (χ1v) is 11.7. The Labute approximate surface area is 212 Å². The molecule has 0 unspecified atom stereocenters. The Morgan fingerprint density at radius 2 is 1.69 bits per heavy atom. The number of anilines is 1. The Morgan fingerprint density at radius 1 is 1.00 bits per heavy atom. The van der Waals surface area contributed by atoms with Gasteiger partial charge in [-0.15, -0.1) is 0 Å². The Bertz CT molecular complexity index is 1300. The van der Waals surface area contributed by atoms with Crippen molar-refractivity contribution < 1.29 is 19.2 Å². The second-order valence-corrected chi connectivity index (χ2v) is 8.63. The molecule has 0 radical (unpaired) electrons. The summed E-state index contributed by atoms with van der Waals surface area (Å²) in [6.45, 7) is 0.140. The molecule has 0 N–H and O–H groups in total. The lowest BCUT2D eigenvalue weighted by atomic mass is 10.1. The smallest absolute Gasteiger partial charge is 0.337 e. The van der Waals surface area contributed by atoms with Crippen LogP contribution in [0.4, 0.5) is 5.69 Å². The summed E-state index contributed by atoms with van der Waals surface area (Å²) < 4.78 is 7.86. The fraction of sp³-hybridized carbons (Fsp3) is 0.148. The minimum absolute atomic E-state index is 0.140. The van der Waals surface area contributed by atoms with Crippen LogP contribution in [-0.2, 0) is 20.8 Å². The Balaban J connectivity index is 1.71. The molecule has 0 aliphatic rings. The number of carbonyl (C=O) groups is 2. The van der Waals surface area contributed by atoms with E-state index >= 15 is 0 Å². The maximum Gasteiger partial charge on any atom is 0.337 e.